The number of halogens is 2. The molecule has 1 heterocycles. The first-order valence-corrected chi connectivity index (χ1v) is 6.07. The number of anilines is 1. The minimum Gasteiger partial charge on any atom is -0.505 e. The predicted molar refractivity (Wildman–Crippen MR) is 71.9 cm³/mol. The highest BCUT2D eigenvalue weighted by molar-refractivity contribution is 6.33. The summed E-state index contributed by atoms with van der Waals surface area (Å²) in [7, 11) is 0. The van der Waals surface area contributed by atoms with E-state index >= 15 is 0 Å². The molecule has 1 aromatic carbocycles. The van der Waals surface area contributed by atoms with Crippen molar-refractivity contribution < 1.29 is 9.50 Å². The molecule has 2 N–H and O–H groups in total. The zero-order chi connectivity index (χ0) is 14.0. The van der Waals surface area contributed by atoms with E-state index in [4.69, 9.17) is 16.7 Å². The van der Waals surface area contributed by atoms with Gasteiger partial charge in [-0.25, -0.2) is 14.4 Å². The molecule has 6 heteroatoms. The van der Waals surface area contributed by atoms with E-state index in [-0.39, 0.29) is 5.75 Å². The number of aromatic hydroxyl groups is 1. The van der Waals surface area contributed by atoms with Crippen molar-refractivity contribution >= 4 is 17.4 Å². The first-order valence-electron chi connectivity index (χ1n) is 5.69. The molecule has 2 aromatic rings. The van der Waals surface area contributed by atoms with E-state index in [2.05, 4.69) is 15.3 Å². The summed E-state index contributed by atoms with van der Waals surface area (Å²) >= 11 is 6.09. The molecule has 100 valence electrons. The molecule has 4 nitrogen and oxygen atoms in total. The minimum absolute atomic E-state index is 0.354. The van der Waals surface area contributed by atoms with Gasteiger partial charge in [-0.1, -0.05) is 17.7 Å². The summed E-state index contributed by atoms with van der Waals surface area (Å²) in [6, 6.07) is 4.20. The maximum atomic E-state index is 13.2. The number of benzene rings is 1. The number of hydrogen-bond acceptors (Lipinski definition) is 4. The van der Waals surface area contributed by atoms with Gasteiger partial charge in [-0.15, -0.1) is 0 Å². The number of aromatic nitrogens is 2. The lowest BCUT2D eigenvalue weighted by molar-refractivity contribution is 0.432. The second kappa shape index (κ2) is 5.40. The second-order valence-corrected chi connectivity index (χ2v) is 4.54. The Morgan fingerprint density at radius 2 is 2.05 bits per heavy atom. The molecule has 0 aliphatic carbocycles. The van der Waals surface area contributed by atoms with E-state index in [1.807, 2.05) is 0 Å². The van der Waals surface area contributed by atoms with Crippen LogP contribution in [0, 0.1) is 19.7 Å². The van der Waals surface area contributed by atoms with Crippen molar-refractivity contribution in [3.63, 3.8) is 0 Å². The first kappa shape index (κ1) is 13.5. The summed E-state index contributed by atoms with van der Waals surface area (Å²) in [5.41, 5.74) is 1.37. The summed E-state index contributed by atoms with van der Waals surface area (Å²) in [5.74, 6) is 0.109. The zero-order valence-corrected chi connectivity index (χ0v) is 11.3. The Labute approximate surface area is 115 Å². The van der Waals surface area contributed by atoms with Gasteiger partial charge in [0.2, 0.25) is 0 Å². The fourth-order valence-corrected chi connectivity index (χ4v) is 1.81. The van der Waals surface area contributed by atoms with Crippen molar-refractivity contribution in [1.29, 1.82) is 0 Å². The zero-order valence-electron chi connectivity index (χ0n) is 10.5. The lowest BCUT2D eigenvalue weighted by Gasteiger charge is -2.10. The average Bonchev–Trinajstić information content (AvgIpc) is 2.36. The number of phenolic OH excluding ortho intramolecular Hbond substituents is 1. The van der Waals surface area contributed by atoms with Crippen LogP contribution < -0.4 is 5.32 Å². The molecule has 0 unspecified atom stereocenters. The molecule has 2 rings (SSSR count). The molecule has 0 aliphatic rings. The lowest BCUT2D eigenvalue weighted by Crippen LogP contribution is -2.05. The van der Waals surface area contributed by atoms with Crippen LogP contribution >= 0.6 is 11.6 Å². The number of rotatable bonds is 3. The third kappa shape index (κ3) is 3.12. The van der Waals surface area contributed by atoms with Gasteiger partial charge in [-0.05, 0) is 31.5 Å². The van der Waals surface area contributed by atoms with Crippen molar-refractivity contribution in [2.24, 2.45) is 0 Å². The molecule has 0 radical (unpaired) electrons. The standard InChI is InChI=1S/C13H13ClFN3O/c1-7-12(14)13(18-8(2)17-7)16-6-9-3-4-11(19)10(15)5-9/h3-5,19H,6H2,1-2H3,(H,16,17,18). The summed E-state index contributed by atoms with van der Waals surface area (Å²) < 4.78 is 13.2. The molecular formula is C13H13ClFN3O. The van der Waals surface area contributed by atoms with Gasteiger partial charge >= 0.3 is 0 Å². The van der Waals surface area contributed by atoms with Gasteiger partial charge in [-0.3, -0.25) is 0 Å². The fourth-order valence-electron chi connectivity index (χ4n) is 1.66. The van der Waals surface area contributed by atoms with E-state index < -0.39 is 5.82 Å². The van der Waals surface area contributed by atoms with Crippen molar-refractivity contribution in [2.45, 2.75) is 20.4 Å². The van der Waals surface area contributed by atoms with Crippen LogP contribution in [0.25, 0.3) is 0 Å². The first-order chi connectivity index (χ1) is 8.97. The van der Waals surface area contributed by atoms with Crippen molar-refractivity contribution in [3.05, 3.63) is 46.1 Å². The van der Waals surface area contributed by atoms with Gasteiger partial charge in [-0.2, -0.15) is 0 Å². The summed E-state index contributed by atoms with van der Waals surface area (Å²) in [5, 5.41) is 12.6. The van der Waals surface area contributed by atoms with E-state index in [9.17, 15) is 4.39 Å². The van der Waals surface area contributed by atoms with Crippen LogP contribution in [0.5, 0.6) is 5.75 Å². The summed E-state index contributed by atoms with van der Waals surface area (Å²) in [4.78, 5) is 8.33. The molecule has 0 spiro atoms. The Bertz CT molecular complexity index is 619. The van der Waals surface area contributed by atoms with Gasteiger partial charge in [0.25, 0.3) is 0 Å². The van der Waals surface area contributed by atoms with Crippen molar-refractivity contribution in [1.82, 2.24) is 9.97 Å². The average molecular weight is 282 g/mol. The third-order valence-electron chi connectivity index (χ3n) is 2.60. The lowest BCUT2D eigenvalue weighted by atomic mass is 10.2. The topological polar surface area (TPSA) is 58.0 Å². The number of phenols is 1. The normalized spacial score (nSPS) is 10.5. The molecule has 0 atom stereocenters. The van der Waals surface area contributed by atoms with Crippen molar-refractivity contribution in [2.75, 3.05) is 5.32 Å². The summed E-state index contributed by atoms with van der Waals surface area (Å²) in [6.07, 6.45) is 0. The number of nitrogens with zero attached hydrogens (tertiary/aromatic N) is 2. The van der Waals surface area contributed by atoms with Crippen LogP contribution in [0.1, 0.15) is 17.1 Å². The Morgan fingerprint density at radius 1 is 1.32 bits per heavy atom. The Balaban J connectivity index is 2.16. The molecular weight excluding hydrogens is 269 g/mol. The van der Waals surface area contributed by atoms with E-state index in [0.29, 0.717) is 34.5 Å². The Kier molecular flexibility index (Phi) is 3.85. The number of nitrogens with one attached hydrogen (secondary N) is 1. The fraction of sp³-hybridized carbons (Fsp3) is 0.231. The molecule has 0 bridgehead atoms. The molecule has 0 fully saturated rings. The maximum absolute atomic E-state index is 13.2. The Morgan fingerprint density at radius 3 is 2.74 bits per heavy atom. The Hall–Kier alpha value is -1.88. The molecule has 1 aromatic heterocycles. The molecule has 19 heavy (non-hydrogen) atoms. The van der Waals surface area contributed by atoms with E-state index in [1.165, 1.54) is 12.1 Å². The molecule has 0 amide bonds. The van der Waals surface area contributed by atoms with Crippen LogP contribution in [0.2, 0.25) is 5.02 Å². The SMILES string of the molecule is Cc1nc(C)c(Cl)c(NCc2ccc(O)c(F)c2)n1. The van der Waals surface area contributed by atoms with Crippen LogP contribution in [0.4, 0.5) is 10.2 Å². The van der Waals surface area contributed by atoms with Gasteiger partial charge in [0, 0.05) is 6.54 Å². The van der Waals surface area contributed by atoms with Crippen LogP contribution in [0.3, 0.4) is 0 Å². The molecule has 0 saturated carbocycles. The minimum atomic E-state index is -0.652. The monoisotopic (exact) mass is 281 g/mol. The highest BCUT2D eigenvalue weighted by Crippen LogP contribution is 2.23. The largest absolute Gasteiger partial charge is 0.505 e. The highest BCUT2D eigenvalue weighted by Gasteiger charge is 2.08. The predicted octanol–water partition coefficient (Wildman–Crippen LogP) is 3.20. The van der Waals surface area contributed by atoms with Gasteiger partial charge in [0.05, 0.1) is 5.69 Å². The van der Waals surface area contributed by atoms with Crippen LogP contribution in [-0.4, -0.2) is 15.1 Å². The molecule has 0 aliphatic heterocycles. The highest BCUT2D eigenvalue weighted by atomic mass is 35.5. The maximum Gasteiger partial charge on any atom is 0.165 e. The smallest absolute Gasteiger partial charge is 0.165 e. The number of hydrogen-bond donors (Lipinski definition) is 2. The third-order valence-corrected chi connectivity index (χ3v) is 3.05. The van der Waals surface area contributed by atoms with Gasteiger partial charge in [0.15, 0.2) is 11.6 Å². The van der Waals surface area contributed by atoms with Gasteiger partial charge < -0.3 is 10.4 Å². The van der Waals surface area contributed by atoms with E-state index in [0.717, 1.165) is 0 Å². The second-order valence-electron chi connectivity index (χ2n) is 4.16. The summed E-state index contributed by atoms with van der Waals surface area (Å²) in [6.45, 7) is 3.92. The van der Waals surface area contributed by atoms with Crippen molar-refractivity contribution in [3.8, 4) is 5.75 Å². The van der Waals surface area contributed by atoms with Crippen LogP contribution in [0.15, 0.2) is 18.2 Å². The van der Waals surface area contributed by atoms with Crippen LogP contribution in [-0.2, 0) is 6.54 Å². The van der Waals surface area contributed by atoms with Gasteiger partial charge in [0.1, 0.15) is 16.7 Å². The quantitative estimate of drug-likeness (QED) is 0.907. The molecule has 0 saturated heterocycles. The number of aryl methyl sites for hydroxylation is 2. The van der Waals surface area contributed by atoms with E-state index in [1.54, 1.807) is 19.9 Å².